The molecule has 1 aliphatic carbocycles. The standard InChI is InChI=1S/C37H34N4O5/c1-22-7-5-11-27(17-22)46-28-12-6-8-23(18-28)35-39-32-19-24(13-16-33(32)41(35)25-9-3-2-4-10-25)36(43)40-34(37(44)45)30-21-38-31-15-14-26(42)20-29(30)31/h5-8,11-21,25,34,38,42H,2-4,9-10H2,1H3,(H,40,43)(H,44,45)/t34-/m0/s1. The van der Waals surface area contributed by atoms with Crippen molar-refractivity contribution in [2.75, 3.05) is 0 Å². The number of aromatic hydroxyl groups is 1. The monoisotopic (exact) mass is 614 g/mol. The zero-order chi connectivity index (χ0) is 31.8. The van der Waals surface area contributed by atoms with Gasteiger partial charge in [-0.3, -0.25) is 4.79 Å². The van der Waals surface area contributed by atoms with Gasteiger partial charge >= 0.3 is 5.97 Å². The number of carboxylic acids is 1. The Bertz CT molecular complexity index is 2090. The molecule has 2 heterocycles. The first-order chi connectivity index (χ1) is 22.3. The second-order valence-electron chi connectivity index (χ2n) is 12.0. The maximum absolute atomic E-state index is 13.5. The van der Waals surface area contributed by atoms with E-state index >= 15 is 0 Å². The molecule has 232 valence electrons. The van der Waals surface area contributed by atoms with Gasteiger partial charge in [-0.05, 0) is 86.0 Å². The lowest BCUT2D eigenvalue weighted by molar-refractivity contribution is -0.139. The van der Waals surface area contributed by atoms with Gasteiger partial charge in [0.15, 0.2) is 6.04 Å². The van der Waals surface area contributed by atoms with Crippen molar-refractivity contribution in [1.82, 2.24) is 19.9 Å². The molecule has 0 aliphatic heterocycles. The van der Waals surface area contributed by atoms with Crippen LogP contribution in [0.15, 0.2) is 91.1 Å². The van der Waals surface area contributed by atoms with Crippen molar-refractivity contribution in [2.45, 2.75) is 51.1 Å². The lowest BCUT2D eigenvalue weighted by Gasteiger charge is -2.25. The summed E-state index contributed by atoms with van der Waals surface area (Å²) in [7, 11) is 0. The molecule has 6 aromatic rings. The number of carbonyl (C=O) groups is 2. The fraction of sp³-hybridized carbons (Fsp3) is 0.216. The topological polar surface area (TPSA) is 129 Å². The second-order valence-corrected chi connectivity index (χ2v) is 12.0. The van der Waals surface area contributed by atoms with Gasteiger partial charge in [-0.15, -0.1) is 0 Å². The van der Waals surface area contributed by atoms with Gasteiger partial charge in [0, 0.05) is 39.8 Å². The molecule has 1 amide bonds. The molecule has 1 saturated carbocycles. The molecule has 0 unspecified atom stereocenters. The zero-order valence-electron chi connectivity index (χ0n) is 25.4. The van der Waals surface area contributed by atoms with Crippen LogP contribution in [-0.4, -0.2) is 36.6 Å². The SMILES string of the molecule is Cc1cccc(Oc2cccc(-c3nc4cc(C(=O)N[C@H](C(=O)O)c5c[nH]c6ccc(O)cc56)ccc4n3C3CCCCC3)c2)c1. The summed E-state index contributed by atoms with van der Waals surface area (Å²) < 4.78 is 8.49. The van der Waals surface area contributed by atoms with E-state index in [1.165, 1.54) is 18.6 Å². The number of aromatic amines is 1. The maximum Gasteiger partial charge on any atom is 0.331 e. The number of ether oxygens (including phenoxy) is 1. The molecule has 0 spiro atoms. The Morgan fingerprint density at radius 1 is 0.957 bits per heavy atom. The average Bonchev–Trinajstić information content (AvgIpc) is 3.65. The normalized spacial score (nSPS) is 14.4. The minimum atomic E-state index is -1.33. The first kappa shape index (κ1) is 29.2. The molecule has 1 fully saturated rings. The van der Waals surface area contributed by atoms with Crippen LogP contribution in [0.3, 0.4) is 0 Å². The Morgan fingerprint density at radius 2 is 1.74 bits per heavy atom. The molecule has 2 aromatic heterocycles. The third-order valence-electron chi connectivity index (χ3n) is 8.74. The number of aliphatic carboxylic acids is 1. The van der Waals surface area contributed by atoms with Crippen molar-refractivity contribution in [3.05, 3.63) is 108 Å². The predicted octanol–water partition coefficient (Wildman–Crippen LogP) is 8.05. The van der Waals surface area contributed by atoms with E-state index in [1.54, 1.807) is 24.4 Å². The second kappa shape index (κ2) is 12.1. The smallest absolute Gasteiger partial charge is 0.331 e. The van der Waals surface area contributed by atoms with Gasteiger partial charge in [-0.25, -0.2) is 9.78 Å². The fourth-order valence-corrected chi connectivity index (χ4v) is 6.52. The number of rotatable bonds is 8. The van der Waals surface area contributed by atoms with Gasteiger partial charge in [0.05, 0.1) is 11.0 Å². The van der Waals surface area contributed by atoms with Gasteiger partial charge in [0.2, 0.25) is 0 Å². The van der Waals surface area contributed by atoms with Crippen LogP contribution in [0.5, 0.6) is 17.2 Å². The quantitative estimate of drug-likeness (QED) is 0.137. The predicted molar refractivity (Wildman–Crippen MR) is 176 cm³/mol. The molecule has 4 aromatic carbocycles. The van der Waals surface area contributed by atoms with Gasteiger partial charge in [-0.1, -0.05) is 43.5 Å². The number of benzene rings is 4. The first-order valence-electron chi connectivity index (χ1n) is 15.5. The number of nitrogens with zero attached hydrogens (tertiary/aromatic N) is 2. The zero-order valence-corrected chi connectivity index (χ0v) is 25.4. The van der Waals surface area contributed by atoms with Crippen molar-refractivity contribution in [1.29, 1.82) is 0 Å². The van der Waals surface area contributed by atoms with Gasteiger partial charge < -0.3 is 29.8 Å². The van der Waals surface area contributed by atoms with E-state index in [0.29, 0.717) is 33.3 Å². The highest BCUT2D eigenvalue weighted by Crippen LogP contribution is 2.37. The van der Waals surface area contributed by atoms with Gasteiger partial charge in [0.1, 0.15) is 23.1 Å². The number of aryl methyl sites for hydroxylation is 1. The molecule has 9 heteroatoms. The lowest BCUT2D eigenvalue weighted by atomic mass is 9.94. The molecule has 0 radical (unpaired) electrons. The van der Waals surface area contributed by atoms with E-state index in [2.05, 4.69) is 14.9 Å². The lowest BCUT2D eigenvalue weighted by Crippen LogP contribution is -2.33. The van der Waals surface area contributed by atoms with Crippen molar-refractivity contribution < 1.29 is 24.5 Å². The number of imidazole rings is 1. The number of carboxylic acid groups (broad SMARTS) is 1. The van der Waals surface area contributed by atoms with Crippen LogP contribution in [0.2, 0.25) is 0 Å². The third kappa shape index (κ3) is 5.67. The molecule has 9 nitrogen and oxygen atoms in total. The summed E-state index contributed by atoms with van der Waals surface area (Å²) in [5, 5.41) is 23.2. The van der Waals surface area contributed by atoms with Crippen LogP contribution >= 0.6 is 0 Å². The van der Waals surface area contributed by atoms with Crippen LogP contribution in [0.4, 0.5) is 0 Å². The van der Waals surface area contributed by atoms with Crippen LogP contribution in [0.25, 0.3) is 33.3 Å². The Labute approximate surface area is 265 Å². The number of aromatic nitrogens is 3. The number of amides is 1. The Morgan fingerprint density at radius 3 is 2.52 bits per heavy atom. The number of fused-ring (bicyclic) bond motifs is 2. The molecular formula is C37H34N4O5. The van der Waals surface area contributed by atoms with E-state index in [9.17, 15) is 19.8 Å². The van der Waals surface area contributed by atoms with Crippen LogP contribution in [0, 0.1) is 6.92 Å². The molecule has 1 atom stereocenters. The number of hydrogen-bond acceptors (Lipinski definition) is 5. The van der Waals surface area contributed by atoms with Crippen LogP contribution in [-0.2, 0) is 4.79 Å². The van der Waals surface area contributed by atoms with Crippen LogP contribution < -0.4 is 10.1 Å². The van der Waals surface area contributed by atoms with Crippen LogP contribution in [0.1, 0.15) is 65.7 Å². The van der Waals surface area contributed by atoms with Crippen molar-refractivity contribution >= 4 is 33.8 Å². The summed E-state index contributed by atoms with van der Waals surface area (Å²) >= 11 is 0. The number of H-pyrrole nitrogens is 1. The number of nitrogens with one attached hydrogen (secondary N) is 2. The molecule has 0 saturated heterocycles. The summed E-state index contributed by atoms with van der Waals surface area (Å²) in [6.45, 7) is 2.03. The summed E-state index contributed by atoms with van der Waals surface area (Å²) in [6.07, 6.45) is 7.12. The molecule has 0 bridgehead atoms. The highest BCUT2D eigenvalue weighted by molar-refractivity contribution is 6.01. The number of carbonyl (C=O) groups excluding carboxylic acids is 1. The minimum absolute atomic E-state index is 0.00545. The number of phenols is 1. The number of phenolic OH excluding ortho intramolecular Hbond substituents is 1. The molecule has 4 N–H and O–H groups in total. The van der Waals surface area contributed by atoms with E-state index < -0.39 is 17.9 Å². The van der Waals surface area contributed by atoms with Crippen molar-refractivity contribution in [3.63, 3.8) is 0 Å². The van der Waals surface area contributed by atoms with Crippen molar-refractivity contribution in [2.24, 2.45) is 0 Å². The van der Waals surface area contributed by atoms with Gasteiger partial charge in [-0.2, -0.15) is 0 Å². The number of hydrogen-bond donors (Lipinski definition) is 4. The summed E-state index contributed by atoms with van der Waals surface area (Å²) in [5.74, 6) is 0.525. The highest BCUT2D eigenvalue weighted by atomic mass is 16.5. The highest BCUT2D eigenvalue weighted by Gasteiger charge is 2.27. The van der Waals surface area contributed by atoms with E-state index in [0.717, 1.165) is 53.9 Å². The molecular weight excluding hydrogens is 580 g/mol. The van der Waals surface area contributed by atoms with E-state index in [-0.39, 0.29) is 11.8 Å². The summed E-state index contributed by atoms with van der Waals surface area (Å²) in [5.41, 5.74) is 4.91. The fourth-order valence-electron chi connectivity index (χ4n) is 6.52. The molecule has 7 rings (SSSR count). The van der Waals surface area contributed by atoms with Gasteiger partial charge in [0.25, 0.3) is 5.91 Å². The van der Waals surface area contributed by atoms with E-state index in [1.807, 2.05) is 61.5 Å². The Balaban J connectivity index is 1.24. The summed E-state index contributed by atoms with van der Waals surface area (Å²) in [4.78, 5) is 33.9. The first-order valence-corrected chi connectivity index (χ1v) is 15.5. The van der Waals surface area contributed by atoms with E-state index in [4.69, 9.17) is 9.72 Å². The summed E-state index contributed by atoms with van der Waals surface area (Å²) in [6, 6.07) is 24.8. The third-order valence-corrected chi connectivity index (χ3v) is 8.74. The Hall–Kier alpha value is -5.57. The molecule has 1 aliphatic rings. The van der Waals surface area contributed by atoms with Crippen molar-refractivity contribution in [3.8, 4) is 28.6 Å². The molecule has 46 heavy (non-hydrogen) atoms. The average molecular weight is 615 g/mol. The maximum atomic E-state index is 13.5. The minimum Gasteiger partial charge on any atom is -0.508 e. The Kier molecular flexibility index (Phi) is 7.66. The largest absolute Gasteiger partial charge is 0.508 e.